The lowest BCUT2D eigenvalue weighted by Gasteiger charge is -2.26. The second-order valence-electron chi connectivity index (χ2n) is 7.40. The maximum absolute atomic E-state index is 13.1. The Kier molecular flexibility index (Phi) is 5.88. The number of nitrogens with zero attached hydrogens (tertiary/aromatic N) is 2. The predicted molar refractivity (Wildman–Crippen MR) is 109 cm³/mol. The van der Waals surface area contributed by atoms with E-state index in [0.717, 1.165) is 68.9 Å². The smallest absolute Gasteiger partial charge is 0.253 e. The molecule has 0 spiro atoms. The molecule has 1 fully saturated rings. The Bertz CT molecular complexity index is 886. The van der Waals surface area contributed by atoms with Crippen LogP contribution in [0.5, 0.6) is 0 Å². The molecular weight excluding hydrogens is 354 g/mol. The standard InChI is InChI=1S/C22H27N3O3/c26-20-16-18(17-6-2-1-3-7-17)21(19-8-4-11-25(19)20)22(27)23-9-5-10-24-12-14-28-15-13-24/h1-3,6-7,16H,4-5,8-15H2,(H,23,27). The van der Waals surface area contributed by atoms with Crippen LogP contribution in [-0.4, -0.2) is 54.8 Å². The van der Waals surface area contributed by atoms with Gasteiger partial charge in [0.15, 0.2) is 0 Å². The van der Waals surface area contributed by atoms with Gasteiger partial charge in [-0.1, -0.05) is 30.3 Å². The number of hydrogen-bond donors (Lipinski definition) is 1. The first-order chi connectivity index (χ1) is 13.7. The maximum atomic E-state index is 13.1. The predicted octanol–water partition coefficient (Wildman–Crippen LogP) is 1.91. The molecule has 0 bridgehead atoms. The van der Waals surface area contributed by atoms with Gasteiger partial charge in [0.25, 0.3) is 11.5 Å². The van der Waals surface area contributed by atoms with E-state index in [2.05, 4.69) is 10.2 Å². The summed E-state index contributed by atoms with van der Waals surface area (Å²) in [6, 6.07) is 11.3. The Labute approximate surface area is 165 Å². The molecule has 0 radical (unpaired) electrons. The van der Waals surface area contributed by atoms with Gasteiger partial charge in [0.2, 0.25) is 0 Å². The van der Waals surface area contributed by atoms with Crippen molar-refractivity contribution in [2.45, 2.75) is 25.8 Å². The van der Waals surface area contributed by atoms with Crippen LogP contribution in [0, 0.1) is 0 Å². The zero-order valence-electron chi connectivity index (χ0n) is 16.2. The number of ether oxygens (including phenoxy) is 1. The average molecular weight is 381 g/mol. The van der Waals surface area contributed by atoms with Crippen molar-refractivity contribution in [2.24, 2.45) is 0 Å². The average Bonchev–Trinajstić information content (AvgIpc) is 3.23. The Balaban J connectivity index is 1.51. The van der Waals surface area contributed by atoms with Crippen molar-refractivity contribution in [1.29, 1.82) is 0 Å². The third-order valence-electron chi connectivity index (χ3n) is 5.57. The van der Waals surface area contributed by atoms with Gasteiger partial charge in [-0.15, -0.1) is 0 Å². The molecule has 2 aliphatic rings. The summed E-state index contributed by atoms with van der Waals surface area (Å²) in [5.41, 5.74) is 3.17. The maximum Gasteiger partial charge on any atom is 0.253 e. The molecule has 0 aliphatic carbocycles. The molecule has 1 amide bonds. The summed E-state index contributed by atoms with van der Waals surface area (Å²) in [4.78, 5) is 28.0. The number of benzene rings is 1. The summed E-state index contributed by atoms with van der Waals surface area (Å²) in [5, 5.41) is 3.09. The van der Waals surface area contributed by atoms with E-state index in [-0.39, 0.29) is 11.5 Å². The molecule has 0 atom stereocenters. The molecule has 1 aromatic heterocycles. The van der Waals surface area contributed by atoms with Crippen LogP contribution in [0.25, 0.3) is 11.1 Å². The molecule has 3 heterocycles. The minimum absolute atomic E-state index is 0.0183. The summed E-state index contributed by atoms with van der Waals surface area (Å²) in [7, 11) is 0. The fourth-order valence-corrected chi connectivity index (χ4v) is 4.12. The van der Waals surface area contributed by atoms with Crippen LogP contribution in [0.3, 0.4) is 0 Å². The Hall–Kier alpha value is -2.44. The second-order valence-corrected chi connectivity index (χ2v) is 7.40. The van der Waals surface area contributed by atoms with Gasteiger partial charge < -0.3 is 14.6 Å². The number of hydrogen-bond acceptors (Lipinski definition) is 4. The highest BCUT2D eigenvalue weighted by molar-refractivity contribution is 6.02. The number of pyridine rings is 1. The van der Waals surface area contributed by atoms with E-state index >= 15 is 0 Å². The van der Waals surface area contributed by atoms with Crippen LogP contribution in [0.4, 0.5) is 0 Å². The summed E-state index contributed by atoms with van der Waals surface area (Å²) in [6.07, 6.45) is 2.58. The van der Waals surface area contributed by atoms with Crippen molar-refractivity contribution in [3.63, 3.8) is 0 Å². The van der Waals surface area contributed by atoms with Crippen LogP contribution in [-0.2, 0) is 17.7 Å². The molecule has 2 aromatic rings. The number of carbonyl (C=O) groups excluding carboxylic acids is 1. The molecular formula is C22H27N3O3. The minimum atomic E-state index is -0.0773. The first kappa shape index (κ1) is 18.9. The summed E-state index contributed by atoms with van der Waals surface area (Å²) in [6.45, 7) is 5.78. The highest BCUT2D eigenvalue weighted by Crippen LogP contribution is 2.28. The number of amides is 1. The van der Waals surface area contributed by atoms with Gasteiger partial charge in [-0.3, -0.25) is 14.5 Å². The number of nitrogens with one attached hydrogen (secondary N) is 1. The van der Waals surface area contributed by atoms with Crippen LogP contribution in [0.1, 0.15) is 28.9 Å². The molecule has 4 rings (SSSR count). The van der Waals surface area contributed by atoms with Crippen molar-refractivity contribution < 1.29 is 9.53 Å². The van der Waals surface area contributed by atoms with Crippen LogP contribution in [0.15, 0.2) is 41.2 Å². The lowest BCUT2D eigenvalue weighted by Crippen LogP contribution is -2.38. The lowest BCUT2D eigenvalue weighted by atomic mass is 9.97. The van der Waals surface area contributed by atoms with Crippen molar-refractivity contribution in [1.82, 2.24) is 14.8 Å². The molecule has 6 nitrogen and oxygen atoms in total. The molecule has 28 heavy (non-hydrogen) atoms. The largest absolute Gasteiger partial charge is 0.379 e. The van der Waals surface area contributed by atoms with Gasteiger partial charge in [-0.05, 0) is 31.4 Å². The highest BCUT2D eigenvalue weighted by atomic mass is 16.5. The molecule has 6 heteroatoms. The fraction of sp³-hybridized carbons (Fsp3) is 0.455. The number of aromatic nitrogens is 1. The summed E-state index contributed by atoms with van der Waals surface area (Å²) in [5.74, 6) is -0.0773. The van der Waals surface area contributed by atoms with E-state index in [0.29, 0.717) is 18.7 Å². The van der Waals surface area contributed by atoms with Gasteiger partial charge in [-0.2, -0.15) is 0 Å². The van der Waals surface area contributed by atoms with Crippen LogP contribution in [0.2, 0.25) is 0 Å². The third kappa shape index (κ3) is 4.03. The van der Waals surface area contributed by atoms with Crippen molar-refractivity contribution >= 4 is 5.91 Å². The molecule has 1 N–H and O–H groups in total. The number of morpholine rings is 1. The van der Waals surface area contributed by atoms with Gasteiger partial charge in [0.05, 0.1) is 18.8 Å². The van der Waals surface area contributed by atoms with Crippen molar-refractivity contribution in [3.05, 3.63) is 58.0 Å². The Morgan fingerprint density at radius 1 is 1.11 bits per heavy atom. The summed E-state index contributed by atoms with van der Waals surface area (Å²) >= 11 is 0. The number of fused-ring (bicyclic) bond motifs is 1. The number of carbonyl (C=O) groups is 1. The van der Waals surface area contributed by atoms with Gasteiger partial charge in [0.1, 0.15) is 0 Å². The van der Waals surface area contributed by atoms with Crippen molar-refractivity contribution in [3.8, 4) is 11.1 Å². The van der Waals surface area contributed by atoms with Crippen LogP contribution < -0.4 is 10.9 Å². The Morgan fingerprint density at radius 2 is 1.89 bits per heavy atom. The molecule has 1 saturated heterocycles. The second kappa shape index (κ2) is 8.71. The quantitative estimate of drug-likeness (QED) is 0.777. The zero-order chi connectivity index (χ0) is 19.3. The van der Waals surface area contributed by atoms with Gasteiger partial charge >= 0.3 is 0 Å². The van der Waals surface area contributed by atoms with E-state index in [1.54, 1.807) is 10.6 Å². The fourth-order valence-electron chi connectivity index (χ4n) is 4.12. The van der Waals surface area contributed by atoms with Crippen molar-refractivity contribution in [2.75, 3.05) is 39.4 Å². The minimum Gasteiger partial charge on any atom is -0.379 e. The Morgan fingerprint density at radius 3 is 2.68 bits per heavy atom. The monoisotopic (exact) mass is 381 g/mol. The van der Waals surface area contributed by atoms with E-state index in [1.165, 1.54) is 0 Å². The molecule has 1 aromatic carbocycles. The van der Waals surface area contributed by atoms with Crippen LogP contribution >= 0.6 is 0 Å². The topological polar surface area (TPSA) is 63.6 Å². The van der Waals surface area contributed by atoms with E-state index < -0.39 is 0 Å². The lowest BCUT2D eigenvalue weighted by molar-refractivity contribution is 0.0374. The zero-order valence-corrected chi connectivity index (χ0v) is 16.2. The molecule has 148 valence electrons. The molecule has 0 saturated carbocycles. The van der Waals surface area contributed by atoms with Gasteiger partial charge in [0, 0.05) is 43.5 Å². The normalized spacial score (nSPS) is 16.7. The highest BCUT2D eigenvalue weighted by Gasteiger charge is 2.24. The van der Waals surface area contributed by atoms with Gasteiger partial charge in [-0.25, -0.2) is 0 Å². The SMILES string of the molecule is O=C(NCCCN1CCOCC1)c1c(-c2ccccc2)cc(=O)n2c1CCC2. The molecule has 2 aliphatic heterocycles. The number of rotatable bonds is 6. The molecule has 0 unspecified atom stereocenters. The summed E-state index contributed by atoms with van der Waals surface area (Å²) < 4.78 is 7.13. The van der Waals surface area contributed by atoms with E-state index in [1.807, 2.05) is 30.3 Å². The third-order valence-corrected chi connectivity index (χ3v) is 5.57. The van der Waals surface area contributed by atoms with E-state index in [4.69, 9.17) is 4.74 Å². The first-order valence-corrected chi connectivity index (χ1v) is 10.1. The first-order valence-electron chi connectivity index (χ1n) is 10.1. The van der Waals surface area contributed by atoms with E-state index in [9.17, 15) is 9.59 Å².